The minimum atomic E-state index is -0.453. The van der Waals surface area contributed by atoms with Crippen LogP contribution in [0.4, 0.5) is 0 Å². The highest BCUT2D eigenvalue weighted by Gasteiger charge is 2.04. The Morgan fingerprint density at radius 2 is 2.27 bits per heavy atom. The van der Waals surface area contributed by atoms with Gasteiger partial charge in [-0.25, -0.2) is 0 Å². The van der Waals surface area contributed by atoms with Gasteiger partial charge in [-0.15, -0.1) is 0 Å². The zero-order chi connectivity index (χ0) is 11.3. The molecule has 0 aromatic heterocycles. The highest BCUT2D eigenvalue weighted by molar-refractivity contribution is 5.94. The van der Waals surface area contributed by atoms with Crippen molar-refractivity contribution in [2.45, 2.75) is 26.4 Å². The molecule has 1 aromatic carbocycles. The van der Waals surface area contributed by atoms with Crippen LogP contribution in [-0.2, 0) is 0 Å². The number of aliphatic hydroxyl groups excluding tert-OH is 1. The number of ether oxygens (including phenoxy) is 1. The molecule has 0 aliphatic carbocycles. The van der Waals surface area contributed by atoms with E-state index in [2.05, 4.69) is 0 Å². The second kappa shape index (κ2) is 5.51. The van der Waals surface area contributed by atoms with Gasteiger partial charge in [-0.2, -0.15) is 0 Å². The largest absolute Gasteiger partial charge is 0.491 e. The van der Waals surface area contributed by atoms with Gasteiger partial charge in [-0.05, 0) is 25.5 Å². The van der Waals surface area contributed by atoms with Gasteiger partial charge in [0.2, 0.25) is 0 Å². The molecule has 0 aliphatic rings. The molecule has 0 heterocycles. The minimum Gasteiger partial charge on any atom is -0.491 e. The molecule has 0 radical (unpaired) electrons. The zero-order valence-corrected chi connectivity index (χ0v) is 9.06. The molecule has 0 saturated heterocycles. The number of carbonyl (C=O) groups is 1. The standard InChI is InChI=1S/C12H16O3/c1-3-11(14)8-15-12-6-4-5-10(7-12)9(2)13/h4-7,11,14H,3,8H2,1-2H3. The lowest BCUT2D eigenvalue weighted by Gasteiger charge is -2.10. The van der Waals surface area contributed by atoms with Crippen LogP contribution in [0, 0.1) is 0 Å². The van der Waals surface area contributed by atoms with Gasteiger partial charge in [0, 0.05) is 5.56 Å². The van der Waals surface area contributed by atoms with Gasteiger partial charge < -0.3 is 9.84 Å². The summed E-state index contributed by atoms with van der Waals surface area (Å²) in [5.41, 5.74) is 0.624. The summed E-state index contributed by atoms with van der Waals surface area (Å²) in [7, 11) is 0. The molecule has 0 amide bonds. The van der Waals surface area contributed by atoms with Crippen molar-refractivity contribution in [2.24, 2.45) is 0 Å². The third kappa shape index (κ3) is 3.72. The van der Waals surface area contributed by atoms with Crippen LogP contribution < -0.4 is 4.74 Å². The summed E-state index contributed by atoms with van der Waals surface area (Å²) in [6.45, 7) is 3.66. The van der Waals surface area contributed by atoms with Crippen LogP contribution >= 0.6 is 0 Å². The van der Waals surface area contributed by atoms with Crippen molar-refractivity contribution in [3.05, 3.63) is 29.8 Å². The van der Waals surface area contributed by atoms with Gasteiger partial charge in [0.1, 0.15) is 12.4 Å². The van der Waals surface area contributed by atoms with Crippen LogP contribution in [-0.4, -0.2) is 23.6 Å². The molecule has 0 fully saturated rings. The Labute approximate surface area is 89.7 Å². The van der Waals surface area contributed by atoms with Crippen LogP contribution in [0.3, 0.4) is 0 Å². The number of hydrogen-bond acceptors (Lipinski definition) is 3. The molecule has 0 spiro atoms. The van der Waals surface area contributed by atoms with E-state index in [1.54, 1.807) is 24.3 Å². The number of hydrogen-bond donors (Lipinski definition) is 1. The number of benzene rings is 1. The molecule has 1 atom stereocenters. The van der Waals surface area contributed by atoms with Crippen molar-refractivity contribution in [3.63, 3.8) is 0 Å². The molecular weight excluding hydrogens is 192 g/mol. The third-order valence-corrected chi connectivity index (χ3v) is 2.15. The van der Waals surface area contributed by atoms with Gasteiger partial charge in [-0.3, -0.25) is 4.79 Å². The minimum absolute atomic E-state index is 0.0106. The molecule has 0 aliphatic heterocycles. The van der Waals surface area contributed by atoms with Gasteiger partial charge >= 0.3 is 0 Å². The summed E-state index contributed by atoms with van der Waals surface area (Å²) in [5, 5.41) is 9.31. The lowest BCUT2D eigenvalue weighted by Crippen LogP contribution is -2.16. The van der Waals surface area contributed by atoms with Crippen LogP contribution in [0.2, 0.25) is 0 Å². The number of aliphatic hydroxyl groups is 1. The molecule has 1 unspecified atom stereocenters. The predicted octanol–water partition coefficient (Wildman–Crippen LogP) is 2.04. The topological polar surface area (TPSA) is 46.5 Å². The second-order valence-electron chi connectivity index (χ2n) is 3.46. The molecule has 1 rings (SSSR count). The monoisotopic (exact) mass is 208 g/mol. The summed E-state index contributed by atoms with van der Waals surface area (Å²) < 4.78 is 5.35. The first kappa shape index (κ1) is 11.7. The quantitative estimate of drug-likeness (QED) is 0.753. The number of carbonyl (C=O) groups excluding carboxylic acids is 1. The van der Waals surface area contributed by atoms with E-state index in [9.17, 15) is 9.90 Å². The Morgan fingerprint density at radius 3 is 2.87 bits per heavy atom. The maximum Gasteiger partial charge on any atom is 0.159 e. The first-order valence-corrected chi connectivity index (χ1v) is 5.05. The van der Waals surface area contributed by atoms with E-state index in [4.69, 9.17) is 4.74 Å². The highest BCUT2D eigenvalue weighted by atomic mass is 16.5. The van der Waals surface area contributed by atoms with E-state index in [0.29, 0.717) is 17.7 Å². The smallest absolute Gasteiger partial charge is 0.159 e. The van der Waals surface area contributed by atoms with Crippen molar-refractivity contribution >= 4 is 5.78 Å². The van der Waals surface area contributed by atoms with Crippen molar-refractivity contribution < 1.29 is 14.6 Å². The van der Waals surface area contributed by atoms with Gasteiger partial charge in [0.25, 0.3) is 0 Å². The number of rotatable bonds is 5. The van der Waals surface area contributed by atoms with Crippen molar-refractivity contribution in [2.75, 3.05) is 6.61 Å². The molecule has 1 aromatic rings. The molecule has 0 saturated carbocycles. The van der Waals surface area contributed by atoms with Gasteiger partial charge in [-0.1, -0.05) is 19.1 Å². The van der Waals surface area contributed by atoms with E-state index >= 15 is 0 Å². The fourth-order valence-electron chi connectivity index (χ4n) is 1.12. The summed E-state index contributed by atoms with van der Waals surface area (Å²) in [6, 6.07) is 6.97. The maximum atomic E-state index is 11.1. The van der Waals surface area contributed by atoms with Crippen LogP contribution in [0.15, 0.2) is 24.3 Å². The molecule has 3 nitrogen and oxygen atoms in total. The molecular formula is C12H16O3. The second-order valence-corrected chi connectivity index (χ2v) is 3.46. The summed E-state index contributed by atoms with van der Waals surface area (Å²) >= 11 is 0. The fourth-order valence-corrected chi connectivity index (χ4v) is 1.12. The lowest BCUT2D eigenvalue weighted by atomic mass is 10.1. The van der Waals surface area contributed by atoms with E-state index in [1.165, 1.54) is 6.92 Å². The number of ketones is 1. The summed E-state index contributed by atoms with van der Waals surface area (Å²) in [4.78, 5) is 11.1. The molecule has 82 valence electrons. The fraction of sp³-hybridized carbons (Fsp3) is 0.417. The average Bonchev–Trinajstić information content (AvgIpc) is 2.26. The highest BCUT2D eigenvalue weighted by Crippen LogP contribution is 2.14. The molecule has 15 heavy (non-hydrogen) atoms. The van der Waals surface area contributed by atoms with Crippen LogP contribution in [0.25, 0.3) is 0 Å². The van der Waals surface area contributed by atoms with E-state index in [-0.39, 0.29) is 12.4 Å². The van der Waals surface area contributed by atoms with E-state index < -0.39 is 6.10 Å². The van der Waals surface area contributed by atoms with E-state index in [0.717, 1.165) is 0 Å². The Hall–Kier alpha value is -1.35. The number of Topliss-reactive ketones (excluding diaryl/α,β-unsaturated/α-hetero) is 1. The van der Waals surface area contributed by atoms with Gasteiger partial charge in [0.05, 0.1) is 6.10 Å². The average molecular weight is 208 g/mol. The normalized spacial score (nSPS) is 12.2. The SMILES string of the molecule is CCC(O)COc1cccc(C(C)=O)c1. The predicted molar refractivity (Wildman–Crippen MR) is 58.2 cm³/mol. The maximum absolute atomic E-state index is 11.1. The van der Waals surface area contributed by atoms with Crippen molar-refractivity contribution in [3.8, 4) is 5.75 Å². The Morgan fingerprint density at radius 1 is 1.53 bits per heavy atom. The first-order valence-electron chi connectivity index (χ1n) is 5.05. The Balaban J connectivity index is 2.62. The molecule has 1 N–H and O–H groups in total. The summed E-state index contributed by atoms with van der Waals surface area (Å²) in [6.07, 6.45) is 0.206. The van der Waals surface area contributed by atoms with Crippen LogP contribution in [0.5, 0.6) is 5.75 Å². The molecule has 3 heteroatoms. The van der Waals surface area contributed by atoms with Crippen molar-refractivity contribution in [1.82, 2.24) is 0 Å². The first-order chi connectivity index (χ1) is 7.13. The summed E-state index contributed by atoms with van der Waals surface area (Å²) in [5.74, 6) is 0.631. The van der Waals surface area contributed by atoms with Gasteiger partial charge in [0.15, 0.2) is 5.78 Å². The van der Waals surface area contributed by atoms with Crippen molar-refractivity contribution in [1.29, 1.82) is 0 Å². The van der Waals surface area contributed by atoms with Crippen LogP contribution in [0.1, 0.15) is 30.6 Å². The van der Waals surface area contributed by atoms with E-state index in [1.807, 2.05) is 6.92 Å². The third-order valence-electron chi connectivity index (χ3n) is 2.15. The molecule has 0 bridgehead atoms. The Kier molecular flexibility index (Phi) is 4.31. The zero-order valence-electron chi connectivity index (χ0n) is 9.06. The Bertz CT molecular complexity index is 333. The lowest BCUT2D eigenvalue weighted by molar-refractivity contribution is 0.101.